The molecule has 0 aliphatic carbocycles. The number of nitrogens with zero attached hydrogens (tertiary/aromatic N) is 5. The smallest absolute Gasteiger partial charge is 0.252 e. The van der Waals surface area contributed by atoms with Crippen molar-refractivity contribution in [1.82, 2.24) is 19.7 Å². The fraction of sp³-hybridized carbons (Fsp3) is 0.667. The standard InChI is InChI=1S/C12H17N5O/c1-9-4-3-5-10(2)17(9)12(18)7-16-8-14-11(6-13)15-16/h8-10H,3-5,7H2,1-2H3/t9-,10-/m0/s1. The fourth-order valence-electron chi connectivity index (χ4n) is 2.56. The molecule has 0 bridgehead atoms. The van der Waals surface area contributed by atoms with Crippen LogP contribution in [-0.4, -0.2) is 37.7 Å². The molecule has 0 unspecified atom stereocenters. The lowest BCUT2D eigenvalue weighted by Gasteiger charge is -2.39. The first-order chi connectivity index (χ1) is 8.61. The first kappa shape index (κ1) is 12.6. The normalized spacial score (nSPS) is 23.7. The van der Waals surface area contributed by atoms with Crippen LogP contribution in [0.15, 0.2) is 6.33 Å². The fourth-order valence-corrected chi connectivity index (χ4v) is 2.56. The number of carbonyl (C=O) groups excluding carboxylic acids is 1. The minimum atomic E-state index is 0.0455. The molecule has 0 N–H and O–H groups in total. The van der Waals surface area contributed by atoms with E-state index in [1.807, 2.05) is 11.0 Å². The first-order valence-electron chi connectivity index (χ1n) is 6.22. The number of likely N-dealkylation sites (tertiary alicyclic amines) is 1. The van der Waals surface area contributed by atoms with Crippen LogP contribution in [0.5, 0.6) is 0 Å². The molecule has 1 saturated heterocycles. The predicted octanol–water partition coefficient (Wildman–Crippen LogP) is 0.939. The maximum atomic E-state index is 12.2. The van der Waals surface area contributed by atoms with Crippen molar-refractivity contribution < 1.29 is 4.79 Å². The number of aromatic nitrogens is 3. The Kier molecular flexibility index (Phi) is 3.60. The Hall–Kier alpha value is -1.90. The summed E-state index contributed by atoms with van der Waals surface area (Å²) in [6.07, 6.45) is 4.71. The second-order valence-corrected chi connectivity index (χ2v) is 4.81. The van der Waals surface area contributed by atoms with Crippen LogP contribution in [-0.2, 0) is 11.3 Å². The number of rotatable bonds is 2. The molecule has 1 aromatic heterocycles. The Morgan fingerprint density at radius 3 is 2.72 bits per heavy atom. The molecule has 0 aromatic carbocycles. The molecule has 1 aliphatic heterocycles. The van der Waals surface area contributed by atoms with Gasteiger partial charge in [-0.25, -0.2) is 9.67 Å². The van der Waals surface area contributed by atoms with E-state index in [1.165, 1.54) is 17.4 Å². The van der Waals surface area contributed by atoms with Crippen molar-refractivity contribution in [2.24, 2.45) is 0 Å². The van der Waals surface area contributed by atoms with E-state index < -0.39 is 0 Å². The summed E-state index contributed by atoms with van der Waals surface area (Å²) >= 11 is 0. The third-order valence-electron chi connectivity index (χ3n) is 3.42. The third-order valence-corrected chi connectivity index (χ3v) is 3.42. The van der Waals surface area contributed by atoms with Gasteiger partial charge in [-0.15, -0.1) is 5.10 Å². The van der Waals surface area contributed by atoms with Gasteiger partial charge in [0.1, 0.15) is 18.9 Å². The largest absolute Gasteiger partial charge is 0.336 e. The molecule has 1 amide bonds. The lowest BCUT2D eigenvalue weighted by molar-refractivity contribution is -0.138. The van der Waals surface area contributed by atoms with Crippen LogP contribution >= 0.6 is 0 Å². The number of amides is 1. The van der Waals surface area contributed by atoms with Gasteiger partial charge < -0.3 is 4.90 Å². The van der Waals surface area contributed by atoms with E-state index in [2.05, 4.69) is 23.9 Å². The molecule has 1 fully saturated rings. The maximum Gasteiger partial charge on any atom is 0.252 e. The molecule has 1 aliphatic rings. The summed E-state index contributed by atoms with van der Waals surface area (Å²) in [7, 11) is 0. The Morgan fingerprint density at radius 1 is 1.50 bits per heavy atom. The Balaban J connectivity index is 2.04. The summed E-state index contributed by atoms with van der Waals surface area (Å²) in [4.78, 5) is 18.0. The molecule has 2 rings (SSSR count). The molecular weight excluding hydrogens is 230 g/mol. The molecule has 18 heavy (non-hydrogen) atoms. The Bertz CT molecular complexity index is 465. The quantitative estimate of drug-likeness (QED) is 0.779. The Morgan fingerprint density at radius 2 is 2.17 bits per heavy atom. The number of hydrogen-bond acceptors (Lipinski definition) is 4. The van der Waals surface area contributed by atoms with Crippen molar-refractivity contribution in [2.75, 3.05) is 0 Å². The van der Waals surface area contributed by atoms with Crippen molar-refractivity contribution in [2.45, 2.75) is 51.7 Å². The lowest BCUT2D eigenvalue weighted by atomic mass is 9.97. The van der Waals surface area contributed by atoms with E-state index in [0.717, 1.165) is 12.8 Å². The van der Waals surface area contributed by atoms with Crippen LogP contribution in [0.4, 0.5) is 0 Å². The second kappa shape index (κ2) is 5.17. The van der Waals surface area contributed by atoms with Crippen molar-refractivity contribution in [3.05, 3.63) is 12.2 Å². The van der Waals surface area contributed by atoms with Crippen LogP contribution < -0.4 is 0 Å². The summed E-state index contributed by atoms with van der Waals surface area (Å²) in [5.74, 6) is 0.145. The van der Waals surface area contributed by atoms with Gasteiger partial charge in [0.15, 0.2) is 0 Å². The van der Waals surface area contributed by atoms with Gasteiger partial charge in [0.2, 0.25) is 5.91 Å². The molecule has 0 radical (unpaired) electrons. The maximum absolute atomic E-state index is 12.2. The highest BCUT2D eigenvalue weighted by Crippen LogP contribution is 2.22. The zero-order chi connectivity index (χ0) is 13.1. The van der Waals surface area contributed by atoms with Crippen LogP contribution in [0, 0.1) is 11.3 Å². The van der Waals surface area contributed by atoms with Gasteiger partial charge in [-0.3, -0.25) is 4.79 Å². The highest BCUT2D eigenvalue weighted by Gasteiger charge is 2.28. The average molecular weight is 247 g/mol. The van der Waals surface area contributed by atoms with Crippen LogP contribution in [0.25, 0.3) is 0 Å². The zero-order valence-corrected chi connectivity index (χ0v) is 10.7. The van der Waals surface area contributed by atoms with Gasteiger partial charge in [-0.1, -0.05) is 0 Å². The summed E-state index contributed by atoms with van der Waals surface area (Å²) in [5, 5.41) is 12.5. The SMILES string of the molecule is C[C@H]1CCC[C@H](C)N1C(=O)Cn1cnc(C#N)n1. The summed E-state index contributed by atoms with van der Waals surface area (Å²) in [6, 6.07) is 2.41. The second-order valence-electron chi connectivity index (χ2n) is 4.81. The molecule has 6 nitrogen and oxygen atoms in total. The summed E-state index contributed by atoms with van der Waals surface area (Å²) < 4.78 is 1.43. The molecule has 1 aromatic rings. The monoisotopic (exact) mass is 247 g/mol. The van der Waals surface area contributed by atoms with E-state index in [0.29, 0.717) is 0 Å². The lowest BCUT2D eigenvalue weighted by Crippen LogP contribution is -2.48. The van der Waals surface area contributed by atoms with Gasteiger partial charge >= 0.3 is 0 Å². The van der Waals surface area contributed by atoms with Gasteiger partial charge in [0, 0.05) is 12.1 Å². The predicted molar refractivity (Wildman–Crippen MR) is 64.4 cm³/mol. The van der Waals surface area contributed by atoms with Crippen molar-refractivity contribution >= 4 is 5.91 Å². The number of carbonyl (C=O) groups is 1. The van der Waals surface area contributed by atoms with Gasteiger partial charge in [0.05, 0.1) is 0 Å². The summed E-state index contributed by atoms with van der Waals surface area (Å²) in [5.41, 5.74) is 0. The van der Waals surface area contributed by atoms with Crippen molar-refractivity contribution in [1.29, 1.82) is 5.26 Å². The zero-order valence-electron chi connectivity index (χ0n) is 10.7. The highest BCUT2D eigenvalue weighted by molar-refractivity contribution is 5.76. The minimum Gasteiger partial charge on any atom is -0.336 e. The topological polar surface area (TPSA) is 74.8 Å². The van der Waals surface area contributed by atoms with Crippen LogP contribution in [0.2, 0.25) is 0 Å². The van der Waals surface area contributed by atoms with E-state index in [4.69, 9.17) is 5.26 Å². The van der Waals surface area contributed by atoms with E-state index in [-0.39, 0.29) is 30.4 Å². The number of piperidine rings is 1. The van der Waals surface area contributed by atoms with Crippen LogP contribution in [0.3, 0.4) is 0 Å². The molecule has 0 saturated carbocycles. The van der Waals surface area contributed by atoms with E-state index in [9.17, 15) is 4.79 Å². The molecular formula is C12H17N5O. The van der Waals surface area contributed by atoms with Gasteiger partial charge in [-0.2, -0.15) is 5.26 Å². The van der Waals surface area contributed by atoms with Crippen molar-refractivity contribution in [3.8, 4) is 6.07 Å². The highest BCUT2D eigenvalue weighted by atomic mass is 16.2. The third kappa shape index (κ3) is 2.50. The van der Waals surface area contributed by atoms with E-state index in [1.54, 1.807) is 0 Å². The average Bonchev–Trinajstić information content (AvgIpc) is 2.76. The number of nitriles is 1. The van der Waals surface area contributed by atoms with Gasteiger partial charge in [0.25, 0.3) is 5.82 Å². The Labute approximate surface area is 106 Å². The van der Waals surface area contributed by atoms with E-state index >= 15 is 0 Å². The molecule has 2 atom stereocenters. The molecule has 0 spiro atoms. The first-order valence-corrected chi connectivity index (χ1v) is 6.22. The molecule has 2 heterocycles. The molecule has 6 heteroatoms. The minimum absolute atomic E-state index is 0.0455. The number of hydrogen-bond donors (Lipinski definition) is 0. The van der Waals surface area contributed by atoms with Crippen LogP contribution in [0.1, 0.15) is 38.9 Å². The summed E-state index contributed by atoms with van der Waals surface area (Å²) in [6.45, 7) is 4.31. The molecule has 96 valence electrons. The van der Waals surface area contributed by atoms with Gasteiger partial charge in [-0.05, 0) is 33.1 Å². The van der Waals surface area contributed by atoms with Crippen molar-refractivity contribution in [3.63, 3.8) is 0 Å².